The molecule has 1 amide bonds. The van der Waals surface area contributed by atoms with Crippen LogP contribution >= 0.6 is 0 Å². The lowest BCUT2D eigenvalue weighted by Gasteiger charge is -2.16. The molecule has 1 aliphatic heterocycles. The molecular weight excluding hydrogens is 310 g/mol. The summed E-state index contributed by atoms with van der Waals surface area (Å²) in [5.74, 6) is -2.54. The van der Waals surface area contributed by atoms with Crippen LogP contribution in [0.3, 0.4) is 0 Å². The summed E-state index contributed by atoms with van der Waals surface area (Å²) in [6, 6.07) is 8.15. The number of carbonyl (C=O) groups excluding carboxylic acids is 3. The van der Waals surface area contributed by atoms with Crippen LogP contribution in [0.15, 0.2) is 24.3 Å². The van der Waals surface area contributed by atoms with E-state index in [1.165, 1.54) is 13.0 Å². The molecule has 1 fully saturated rings. The zero-order valence-electron chi connectivity index (χ0n) is 13.2. The van der Waals surface area contributed by atoms with Crippen molar-refractivity contribution in [2.45, 2.75) is 19.8 Å². The summed E-state index contributed by atoms with van der Waals surface area (Å²) in [5, 5.41) is 16.2. The minimum atomic E-state index is -1.20. The maximum atomic E-state index is 12.1. The Balaban J connectivity index is 2.03. The molecule has 0 spiro atoms. The standard InChI is InChI=1S/C17H17N3O4/c1-11(19)14(9-18)15(21)10-24-17(23)12-4-2-5-13(8-12)20-7-3-6-16(20)22/h2,4-5,8,14,19H,3,6-7,10H2,1H3. The van der Waals surface area contributed by atoms with Gasteiger partial charge in [-0.1, -0.05) is 6.07 Å². The van der Waals surface area contributed by atoms with Gasteiger partial charge in [0.2, 0.25) is 5.91 Å². The van der Waals surface area contributed by atoms with Gasteiger partial charge in [-0.25, -0.2) is 4.79 Å². The predicted octanol–water partition coefficient (Wildman–Crippen LogP) is 1.72. The first-order valence-corrected chi connectivity index (χ1v) is 7.49. The number of ether oxygens (including phenoxy) is 1. The van der Waals surface area contributed by atoms with Gasteiger partial charge in [0.05, 0.1) is 11.6 Å². The van der Waals surface area contributed by atoms with E-state index in [1.807, 2.05) is 0 Å². The van der Waals surface area contributed by atoms with Crippen LogP contribution in [0.2, 0.25) is 0 Å². The lowest BCUT2D eigenvalue weighted by atomic mass is 10.0. The van der Waals surface area contributed by atoms with E-state index in [2.05, 4.69) is 0 Å². The van der Waals surface area contributed by atoms with Gasteiger partial charge in [-0.15, -0.1) is 0 Å². The number of carbonyl (C=O) groups is 3. The van der Waals surface area contributed by atoms with Gasteiger partial charge in [-0.3, -0.25) is 9.59 Å². The summed E-state index contributed by atoms with van der Waals surface area (Å²) in [4.78, 5) is 37.2. The van der Waals surface area contributed by atoms with Crippen molar-refractivity contribution < 1.29 is 19.1 Å². The normalized spacial score (nSPS) is 14.8. The number of hydrogen-bond donors (Lipinski definition) is 1. The zero-order chi connectivity index (χ0) is 17.7. The molecule has 1 atom stereocenters. The molecule has 1 aromatic carbocycles. The first kappa shape index (κ1) is 17.3. The molecule has 0 aliphatic carbocycles. The first-order chi connectivity index (χ1) is 11.4. The van der Waals surface area contributed by atoms with Crippen molar-refractivity contribution in [1.82, 2.24) is 0 Å². The molecule has 1 aliphatic rings. The van der Waals surface area contributed by atoms with E-state index in [-0.39, 0.29) is 17.2 Å². The Bertz CT molecular complexity index is 736. The van der Waals surface area contributed by atoms with Crippen molar-refractivity contribution in [2.75, 3.05) is 18.1 Å². The number of esters is 1. The molecule has 1 aromatic rings. The molecule has 1 heterocycles. The van der Waals surface area contributed by atoms with Crippen LogP contribution in [0.25, 0.3) is 0 Å². The lowest BCUT2D eigenvalue weighted by molar-refractivity contribution is -0.122. The zero-order valence-corrected chi connectivity index (χ0v) is 13.2. The maximum Gasteiger partial charge on any atom is 0.338 e. The molecule has 124 valence electrons. The van der Waals surface area contributed by atoms with E-state index in [0.717, 1.165) is 6.42 Å². The summed E-state index contributed by atoms with van der Waals surface area (Å²) in [6.45, 7) is 1.39. The monoisotopic (exact) mass is 327 g/mol. The highest BCUT2D eigenvalue weighted by Gasteiger charge is 2.24. The molecule has 0 radical (unpaired) electrons. The Kier molecular flexibility index (Phi) is 5.42. The third-order valence-electron chi connectivity index (χ3n) is 3.70. The Hall–Kier alpha value is -3.01. The van der Waals surface area contributed by atoms with Crippen LogP contribution in [0.5, 0.6) is 0 Å². The van der Waals surface area contributed by atoms with Crippen LogP contribution in [-0.2, 0) is 14.3 Å². The van der Waals surface area contributed by atoms with Crippen molar-refractivity contribution in [3.63, 3.8) is 0 Å². The molecule has 7 heteroatoms. The van der Waals surface area contributed by atoms with Crippen molar-refractivity contribution in [2.24, 2.45) is 5.92 Å². The fourth-order valence-electron chi connectivity index (χ4n) is 2.44. The summed E-state index contributed by atoms with van der Waals surface area (Å²) < 4.78 is 4.93. The van der Waals surface area contributed by atoms with Crippen LogP contribution in [0.4, 0.5) is 5.69 Å². The van der Waals surface area contributed by atoms with Gasteiger partial charge in [-0.2, -0.15) is 5.26 Å². The summed E-state index contributed by atoms with van der Waals surface area (Å²) >= 11 is 0. The number of hydrogen-bond acceptors (Lipinski definition) is 6. The van der Waals surface area contributed by atoms with Crippen LogP contribution in [0.1, 0.15) is 30.1 Å². The van der Waals surface area contributed by atoms with Crippen LogP contribution < -0.4 is 4.90 Å². The average molecular weight is 327 g/mol. The first-order valence-electron chi connectivity index (χ1n) is 7.49. The Labute approximate surface area is 139 Å². The second-order valence-electron chi connectivity index (χ2n) is 5.49. The third-order valence-corrected chi connectivity index (χ3v) is 3.70. The van der Waals surface area contributed by atoms with E-state index >= 15 is 0 Å². The number of nitriles is 1. The second kappa shape index (κ2) is 7.51. The van der Waals surface area contributed by atoms with Gasteiger partial charge in [0.15, 0.2) is 12.4 Å². The van der Waals surface area contributed by atoms with Gasteiger partial charge in [0, 0.05) is 24.4 Å². The molecule has 1 N–H and O–H groups in total. The fraction of sp³-hybridized carbons (Fsp3) is 0.353. The molecular formula is C17H17N3O4. The lowest BCUT2D eigenvalue weighted by Crippen LogP contribution is -2.26. The van der Waals surface area contributed by atoms with Crippen LogP contribution in [0, 0.1) is 22.7 Å². The van der Waals surface area contributed by atoms with Gasteiger partial charge in [-0.05, 0) is 31.5 Å². The minimum absolute atomic E-state index is 0.00835. The molecule has 0 bridgehead atoms. The quantitative estimate of drug-likeness (QED) is 0.631. The number of ketones is 1. The fourth-order valence-corrected chi connectivity index (χ4v) is 2.44. The SMILES string of the molecule is CC(=N)C(C#N)C(=O)COC(=O)c1cccc(N2CCCC2=O)c1. The molecule has 7 nitrogen and oxygen atoms in total. The number of rotatable bonds is 6. The van der Waals surface area contributed by atoms with Crippen molar-refractivity contribution in [3.05, 3.63) is 29.8 Å². The van der Waals surface area contributed by atoms with Gasteiger partial charge < -0.3 is 15.0 Å². The topological polar surface area (TPSA) is 111 Å². The maximum absolute atomic E-state index is 12.1. The molecule has 2 rings (SSSR count). The summed E-state index contributed by atoms with van der Waals surface area (Å²) in [5.41, 5.74) is 0.747. The molecule has 1 saturated heterocycles. The molecule has 24 heavy (non-hydrogen) atoms. The average Bonchev–Trinajstić information content (AvgIpc) is 2.99. The number of benzene rings is 1. The number of Topliss-reactive ketones (excluding diaryl/α,β-unsaturated/α-hetero) is 1. The van der Waals surface area contributed by atoms with Gasteiger partial charge >= 0.3 is 5.97 Å². The molecule has 0 aromatic heterocycles. The van der Waals surface area contributed by atoms with Crippen molar-refractivity contribution >= 4 is 29.1 Å². The van der Waals surface area contributed by atoms with Gasteiger partial charge in [0.1, 0.15) is 5.92 Å². The Morgan fingerprint density at radius 1 is 1.46 bits per heavy atom. The molecule has 1 unspecified atom stereocenters. The highest BCUT2D eigenvalue weighted by atomic mass is 16.5. The highest BCUT2D eigenvalue weighted by Crippen LogP contribution is 2.22. The number of nitrogens with zero attached hydrogens (tertiary/aromatic N) is 2. The third kappa shape index (κ3) is 3.84. The number of amides is 1. The molecule has 0 saturated carbocycles. The van der Waals surface area contributed by atoms with Crippen molar-refractivity contribution in [1.29, 1.82) is 10.7 Å². The highest BCUT2D eigenvalue weighted by molar-refractivity contribution is 6.06. The van der Waals surface area contributed by atoms with E-state index in [9.17, 15) is 14.4 Å². The predicted molar refractivity (Wildman–Crippen MR) is 85.8 cm³/mol. The van der Waals surface area contributed by atoms with Crippen LogP contribution in [-0.4, -0.2) is 36.5 Å². The van der Waals surface area contributed by atoms with E-state index in [0.29, 0.717) is 18.7 Å². The largest absolute Gasteiger partial charge is 0.454 e. The Morgan fingerprint density at radius 3 is 2.79 bits per heavy atom. The smallest absolute Gasteiger partial charge is 0.338 e. The summed E-state index contributed by atoms with van der Waals surface area (Å²) in [7, 11) is 0. The summed E-state index contributed by atoms with van der Waals surface area (Å²) in [6.07, 6.45) is 1.27. The number of nitrogens with one attached hydrogen (secondary N) is 1. The number of anilines is 1. The van der Waals surface area contributed by atoms with Gasteiger partial charge in [0.25, 0.3) is 0 Å². The van der Waals surface area contributed by atoms with E-state index in [4.69, 9.17) is 15.4 Å². The van der Waals surface area contributed by atoms with E-state index in [1.54, 1.807) is 29.2 Å². The van der Waals surface area contributed by atoms with E-state index < -0.39 is 24.3 Å². The minimum Gasteiger partial charge on any atom is -0.454 e. The Morgan fingerprint density at radius 2 is 2.21 bits per heavy atom. The van der Waals surface area contributed by atoms with Crippen molar-refractivity contribution in [3.8, 4) is 6.07 Å². The second-order valence-corrected chi connectivity index (χ2v) is 5.49.